The number of carbonyl (C=O) groups excluding carboxylic acids is 1. The predicted molar refractivity (Wildman–Crippen MR) is 57.5 cm³/mol. The Bertz CT molecular complexity index is 156. The molecule has 72 valence electrons. The molecule has 0 bridgehead atoms. The van der Waals surface area contributed by atoms with Gasteiger partial charge in [0.2, 0.25) is 5.91 Å². The molecule has 0 aliphatic carbocycles. The first-order valence-electron chi connectivity index (χ1n) is 2.89. The van der Waals surface area contributed by atoms with Crippen LogP contribution in [-0.2, 0) is 9.59 Å². The Kier molecular flexibility index (Phi) is 11.0. The number of alkyl halides is 1. The van der Waals surface area contributed by atoms with Crippen LogP contribution in [0.4, 0.5) is 0 Å². The lowest BCUT2D eigenvalue weighted by Gasteiger charge is -1.96. The summed E-state index contributed by atoms with van der Waals surface area (Å²) in [6.07, 6.45) is 0. The minimum Gasteiger partial charge on any atom is -0.480 e. The maximum Gasteiger partial charge on any atom is 0.321 e. The number of halogens is 1. The number of carboxylic acid groups (broad SMARTS) is 1. The fourth-order valence-electron chi connectivity index (χ4n) is 0.0781. The van der Waals surface area contributed by atoms with Gasteiger partial charge in [-0.15, -0.1) is 0 Å². The number of carbonyl (C=O) groups is 2. The summed E-state index contributed by atoms with van der Waals surface area (Å²) in [5.41, 5.74) is 9.59. The van der Waals surface area contributed by atoms with Gasteiger partial charge in [0.1, 0.15) is 6.04 Å². The lowest BCUT2D eigenvalue weighted by molar-refractivity contribution is -0.137. The van der Waals surface area contributed by atoms with Crippen molar-refractivity contribution >= 4 is 47.1 Å². The summed E-state index contributed by atoms with van der Waals surface area (Å²) in [5.74, 6) is -1.07. The molecule has 1 amide bonds. The second kappa shape index (κ2) is 9.07. The maximum absolute atomic E-state index is 9.76. The standard InChI is InChI=1S/C3H7NO2S.C2H4INO/c4-2(1-7)3(5)6;3-1-2(4)5/h2,7H,1,4H2,(H,5,6);1H2,(H2,4,5)/t2-;/m0./s1. The van der Waals surface area contributed by atoms with Crippen molar-refractivity contribution < 1.29 is 14.7 Å². The maximum atomic E-state index is 9.76. The van der Waals surface area contributed by atoms with Gasteiger partial charge in [0.05, 0.1) is 4.43 Å². The molecule has 0 radical (unpaired) electrons. The number of hydrogen-bond donors (Lipinski definition) is 4. The van der Waals surface area contributed by atoms with E-state index in [-0.39, 0.29) is 11.7 Å². The Morgan fingerprint density at radius 3 is 1.92 bits per heavy atom. The average molecular weight is 306 g/mol. The van der Waals surface area contributed by atoms with Crippen LogP contribution in [-0.4, -0.2) is 33.2 Å². The van der Waals surface area contributed by atoms with Gasteiger partial charge in [-0.05, 0) is 0 Å². The lowest BCUT2D eigenvalue weighted by atomic mass is 10.4. The molecular formula is C5H11IN2O3S. The van der Waals surface area contributed by atoms with Crippen LogP contribution in [0.1, 0.15) is 0 Å². The Morgan fingerprint density at radius 1 is 1.58 bits per heavy atom. The van der Waals surface area contributed by atoms with Gasteiger partial charge in [-0.25, -0.2) is 0 Å². The van der Waals surface area contributed by atoms with Crippen molar-refractivity contribution in [3.05, 3.63) is 0 Å². The summed E-state index contributed by atoms with van der Waals surface area (Å²) >= 11 is 5.55. The van der Waals surface area contributed by atoms with Crippen molar-refractivity contribution in [2.45, 2.75) is 6.04 Å². The molecular weight excluding hydrogens is 295 g/mol. The molecule has 0 aliphatic heterocycles. The number of thiol groups is 1. The summed E-state index contributed by atoms with van der Waals surface area (Å²) in [4.78, 5) is 19.3. The topological polar surface area (TPSA) is 106 Å². The van der Waals surface area contributed by atoms with E-state index >= 15 is 0 Å². The molecule has 0 saturated carbocycles. The van der Waals surface area contributed by atoms with E-state index in [9.17, 15) is 9.59 Å². The zero-order valence-electron chi connectivity index (χ0n) is 6.24. The van der Waals surface area contributed by atoms with Crippen LogP contribution in [0.2, 0.25) is 0 Å². The molecule has 0 rings (SSSR count). The Hall–Kier alpha value is -0.0200. The van der Waals surface area contributed by atoms with Crippen LogP contribution in [0.15, 0.2) is 0 Å². The van der Waals surface area contributed by atoms with Crippen LogP contribution in [0.25, 0.3) is 0 Å². The molecule has 0 aromatic carbocycles. The number of primary amides is 1. The molecule has 0 unspecified atom stereocenters. The van der Waals surface area contributed by atoms with E-state index in [0.29, 0.717) is 4.43 Å². The third-order valence-electron chi connectivity index (χ3n) is 0.646. The van der Waals surface area contributed by atoms with Gasteiger partial charge in [-0.1, -0.05) is 22.6 Å². The van der Waals surface area contributed by atoms with E-state index in [0.717, 1.165) is 0 Å². The van der Waals surface area contributed by atoms with E-state index < -0.39 is 12.0 Å². The zero-order valence-corrected chi connectivity index (χ0v) is 9.29. The molecule has 7 heteroatoms. The molecule has 5 N–H and O–H groups in total. The quantitative estimate of drug-likeness (QED) is 0.312. The second-order valence-corrected chi connectivity index (χ2v) is 2.86. The van der Waals surface area contributed by atoms with Crippen molar-refractivity contribution in [3.8, 4) is 0 Å². The first kappa shape index (κ1) is 14.5. The van der Waals surface area contributed by atoms with Crippen LogP contribution in [0.3, 0.4) is 0 Å². The van der Waals surface area contributed by atoms with E-state index in [2.05, 4.69) is 18.4 Å². The number of carboxylic acids is 1. The van der Waals surface area contributed by atoms with E-state index in [4.69, 9.17) is 10.8 Å². The molecule has 0 aromatic rings. The molecule has 0 aromatic heterocycles. The number of nitrogens with two attached hydrogens (primary N) is 2. The molecule has 0 aliphatic rings. The normalized spacial score (nSPS) is 10.9. The van der Waals surface area contributed by atoms with Gasteiger partial charge in [0.25, 0.3) is 0 Å². The molecule has 0 spiro atoms. The first-order valence-corrected chi connectivity index (χ1v) is 5.05. The highest BCUT2D eigenvalue weighted by Crippen LogP contribution is 1.80. The highest BCUT2D eigenvalue weighted by Gasteiger charge is 2.06. The number of rotatable bonds is 3. The van der Waals surface area contributed by atoms with Crippen molar-refractivity contribution in [2.24, 2.45) is 11.5 Å². The summed E-state index contributed by atoms with van der Waals surface area (Å²) in [5, 5.41) is 8.01. The van der Waals surface area contributed by atoms with E-state index in [1.165, 1.54) is 0 Å². The summed E-state index contributed by atoms with van der Waals surface area (Å²) in [6.45, 7) is 0. The smallest absolute Gasteiger partial charge is 0.321 e. The Balaban J connectivity index is 0. The van der Waals surface area contributed by atoms with Crippen LogP contribution in [0, 0.1) is 0 Å². The average Bonchev–Trinajstić information content (AvgIpc) is 2.04. The molecule has 0 heterocycles. The van der Waals surface area contributed by atoms with Crippen molar-refractivity contribution in [2.75, 3.05) is 10.2 Å². The van der Waals surface area contributed by atoms with E-state index in [1.54, 1.807) is 0 Å². The van der Waals surface area contributed by atoms with Gasteiger partial charge in [0.15, 0.2) is 0 Å². The monoisotopic (exact) mass is 306 g/mol. The van der Waals surface area contributed by atoms with Crippen LogP contribution < -0.4 is 11.5 Å². The summed E-state index contributed by atoms with van der Waals surface area (Å²) in [6, 6.07) is -0.816. The molecule has 12 heavy (non-hydrogen) atoms. The Labute approximate surface area is 89.4 Å². The molecule has 0 saturated heterocycles. The second-order valence-electron chi connectivity index (χ2n) is 1.73. The minimum absolute atomic E-state index is 0.190. The van der Waals surface area contributed by atoms with Gasteiger partial charge < -0.3 is 16.6 Å². The fraction of sp³-hybridized carbons (Fsp3) is 0.600. The fourth-order valence-corrected chi connectivity index (χ4v) is 0.234. The van der Waals surface area contributed by atoms with Gasteiger partial charge >= 0.3 is 5.97 Å². The van der Waals surface area contributed by atoms with Gasteiger partial charge in [-0.3, -0.25) is 9.59 Å². The van der Waals surface area contributed by atoms with Gasteiger partial charge in [-0.2, -0.15) is 12.6 Å². The highest BCUT2D eigenvalue weighted by atomic mass is 127. The Morgan fingerprint density at radius 2 is 1.92 bits per heavy atom. The first-order chi connectivity index (χ1) is 5.45. The molecule has 0 fully saturated rings. The lowest BCUT2D eigenvalue weighted by Crippen LogP contribution is -2.31. The predicted octanol–water partition coefficient (Wildman–Crippen LogP) is -0.765. The summed E-state index contributed by atoms with van der Waals surface area (Å²) < 4.78 is 0.414. The van der Waals surface area contributed by atoms with Crippen molar-refractivity contribution in [1.29, 1.82) is 0 Å². The molecule has 1 atom stereocenters. The molecule has 5 nitrogen and oxygen atoms in total. The SMILES string of the molecule is NC(=O)CI.N[C@@H](CS)C(=O)O. The minimum atomic E-state index is -1.00. The third-order valence-corrected chi connectivity index (χ3v) is 1.79. The van der Waals surface area contributed by atoms with Gasteiger partial charge in [0, 0.05) is 5.75 Å². The number of hydrogen-bond acceptors (Lipinski definition) is 4. The highest BCUT2D eigenvalue weighted by molar-refractivity contribution is 14.1. The number of aliphatic carboxylic acids is 1. The largest absolute Gasteiger partial charge is 0.480 e. The van der Waals surface area contributed by atoms with Crippen LogP contribution in [0.5, 0.6) is 0 Å². The van der Waals surface area contributed by atoms with Crippen molar-refractivity contribution in [1.82, 2.24) is 0 Å². The zero-order chi connectivity index (χ0) is 10.1. The van der Waals surface area contributed by atoms with E-state index in [1.807, 2.05) is 22.6 Å². The third kappa shape index (κ3) is 12.6. The number of amides is 1. The van der Waals surface area contributed by atoms with Crippen molar-refractivity contribution in [3.63, 3.8) is 0 Å². The van der Waals surface area contributed by atoms with Crippen LogP contribution >= 0.6 is 35.2 Å². The summed E-state index contributed by atoms with van der Waals surface area (Å²) in [7, 11) is 0.